The standard InChI is InChI=1S/C19H32FN3O3S/c1-6-21-18(23-14-19(3,4)11-12-27(5,24)25)22-13-15(2)26-17-9-7-16(20)8-10-17/h7-10,15H,6,11-14H2,1-5H3,(H2,21,22,23). The lowest BCUT2D eigenvalue weighted by Gasteiger charge is -2.23. The summed E-state index contributed by atoms with van der Waals surface area (Å²) in [6, 6.07) is 5.91. The number of guanidine groups is 1. The Bertz CT molecular complexity index is 703. The molecule has 2 N–H and O–H groups in total. The number of ether oxygens (including phenoxy) is 1. The minimum atomic E-state index is -2.98. The van der Waals surface area contributed by atoms with Crippen molar-refractivity contribution in [2.45, 2.75) is 40.2 Å². The molecule has 0 spiro atoms. The molecule has 0 saturated carbocycles. The molecular formula is C19H32FN3O3S. The highest BCUT2D eigenvalue weighted by molar-refractivity contribution is 7.90. The second kappa shape index (κ2) is 10.5. The van der Waals surface area contributed by atoms with Crippen molar-refractivity contribution in [2.75, 3.05) is 31.6 Å². The summed E-state index contributed by atoms with van der Waals surface area (Å²) in [5.74, 6) is 1.12. The number of rotatable bonds is 10. The van der Waals surface area contributed by atoms with Crippen molar-refractivity contribution in [3.63, 3.8) is 0 Å². The van der Waals surface area contributed by atoms with Gasteiger partial charge in [0.25, 0.3) is 0 Å². The van der Waals surface area contributed by atoms with Crippen LogP contribution in [0.5, 0.6) is 5.75 Å². The second-order valence-electron chi connectivity index (χ2n) is 7.50. The first-order chi connectivity index (χ1) is 12.5. The fourth-order valence-electron chi connectivity index (χ4n) is 2.20. The Morgan fingerprint density at radius 2 is 1.89 bits per heavy atom. The molecule has 27 heavy (non-hydrogen) atoms. The van der Waals surface area contributed by atoms with Crippen molar-refractivity contribution in [2.24, 2.45) is 10.4 Å². The van der Waals surface area contributed by atoms with E-state index in [0.29, 0.717) is 37.8 Å². The molecule has 1 aromatic carbocycles. The first-order valence-corrected chi connectivity index (χ1v) is 11.2. The van der Waals surface area contributed by atoms with Gasteiger partial charge >= 0.3 is 0 Å². The Morgan fingerprint density at radius 3 is 2.44 bits per heavy atom. The summed E-state index contributed by atoms with van der Waals surface area (Å²) >= 11 is 0. The van der Waals surface area contributed by atoms with Gasteiger partial charge < -0.3 is 15.4 Å². The van der Waals surface area contributed by atoms with Crippen LogP contribution in [0, 0.1) is 11.2 Å². The van der Waals surface area contributed by atoms with Gasteiger partial charge in [0.1, 0.15) is 27.5 Å². The van der Waals surface area contributed by atoms with E-state index in [1.165, 1.54) is 18.4 Å². The number of nitrogens with zero attached hydrogens (tertiary/aromatic N) is 1. The molecule has 0 aliphatic carbocycles. The molecule has 1 atom stereocenters. The summed E-state index contributed by atoms with van der Waals surface area (Å²) in [6.45, 7) is 9.64. The van der Waals surface area contributed by atoms with E-state index in [2.05, 4.69) is 15.6 Å². The average molecular weight is 402 g/mol. The van der Waals surface area contributed by atoms with Gasteiger partial charge in [-0.15, -0.1) is 0 Å². The molecule has 0 aliphatic heterocycles. The SMILES string of the molecule is CCNC(=NCC(C)(C)CCS(C)(=O)=O)NCC(C)Oc1ccc(F)cc1. The normalized spacial score (nSPS) is 13.9. The van der Waals surface area contributed by atoms with Gasteiger partial charge in [-0.25, -0.2) is 12.8 Å². The fraction of sp³-hybridized carbons (Fsp3) is 0.632. The monoisotopic (exact) mass is 401 g/mol. The minimum absolute atomic E-state index is 0.141. The largest absolute Gasteiger partial charge is 0.489 e. The van der Waals surface area contributed by atoms with E-state index in [-0.39, 0.29) is 23.1 Å². The Morgan fingerprint density at radius 1 is 1.26 bits per heavy atom. The summed E-state index contributed by atoms with van der Waals surface area (Å²) in [7, 11) is -2.98. The van der Waals surface area contributed by atoms with Gasteiger partial charge in [-0.1, -0.05) is 13.8 Å². The van der Waals surface area contributed by atoms with Gasteiger partial charge in [-0.2, -0.15) is 0 Å². The van der Waals surface area contributed by atoms with Crippen molar-refractivity contribution in [3.8, 4) is 5.75 Å². The zero-order chi connectivity index (χ0) is 20.5. The molecule has 0 aliphatic rings. The van der Waals surface area contributed by atoms with Crippen molar-refractivity contribution < 1.29 is 17.5 Å². The van der Waals surface area contributed by atoms with Gasteiger partial charge in [0.15, 0.2) is 5.96 Å². The number of hydrogen-bond acceptors (Lipinski definition) is 4. The van der Waals surface area contributed by atoms with Crippen LogP contribution >= 0.6 is 0 Å². The van der Waals surface area contributed by atoms with E-state index in [9.17, 15) is 12.8 Å². The summed E-state index contributed by atoms with van der Waals surface area (Å²) in [5, 5.41) is 6.39. The average Bonchev–Trinajstić information content (AvgIpc) is 2.57. The van der Waals surface area contributed by atoms with E-state index in [1.54, 1.807) is 12.1 Å². The zero-order valence-corrected chi connectivity index (χ0v) is 17.7. The van der Waals surface area contributed by atoms with Gasteiger partial charge in [-0.3, -0.25) is 4.99 Å². The van der Waals surface area contributed by atoms with Crippen LogP contribution in [0.3, 0.4) is 0 Å². The molecule has 6 nitrogen and oxygen atoms in total. The molecule has 0 radical (unpaired) electrons. The molecule has 0 amide bonds. The topological polar surface area (TPSA) is 79.8 Å². The van der Waals surface area contributed by atoms with Crippen LogP contribution in [0.15, 0.2) is 29.3 Å². The van der Waals surface area contributed by atoms with Crippen LogP contribution in [0.4, 0.5) is 4.39 Å². The smallest absolute Gasteiger partial charge is 0.191 e. The Labute approximate surface area is 162 Å². The third-order valence-electron chi connectivity index (χ3n) is 3.87. The van der Waals surface area contributed by atoms with E-state index >= 15 is 0 Å². The molecule has 0 heterocycles. The molecule has 0 aromatic heterocycles. The number of sulfone groups is 1. The highest BCUT2D eigenvalue weighted by Crippen LogP contribution is 2.21. The quantitative estimate of drug-likeness (QED) is 0.465. The lowest BCUT2D eigenvalue weighted by molar-refractivity contribution is 0.223. The summed E-state index contributed by atoms with van der Waals surface area (Å²) in [4.78, 5) is 4.57. The Hall–Kier alpha value is -1.83. The molecular weight excluding hydrogens is 369 g/mol. The Kier molecular flexibility index (Phi) is 9.02. The molecule has 0 saturated heterocycles. The molecule has 1 unspecified atom stereocenters. The van der Waals surface area contributed by atoms with E-state index in [1.807, 2.05) is 27.7 Å². The van der Waals surface area contributed by atoms with Crippen LogP contribution in [0.1, 0.15) is 34.1 Å². The molecule has 0 bridgehead atoms. The number of benzene rings is 1. The van der Waals surface area contributed by atoms with Crippen LogP contribution in [-0.4, -0.2) is 52.1 Å². The molecule has 1 rings (SSSR count). The lowest BCUT2D eigenvalue weighted by atomic mass is 9.90. The van der Waals surface area contributed by atoms with Gasteiger partial charge in [-0.05, 0) is 49.9 Å². The van der Waals surface area contributed by atoms with Crippen LogP contribution in [-0.2, 0) is 9.84 Å². The van der Waals surface area contributed by atoms with Gasteiger partial charge in [0.05, 0.1) is 12.3 Å². The van der Waals surface area contributed by atoms with Crippen LogP contribution in [0.2, 0.25) is 0 Å². The molecule has 1 aromatic rings. The third kappa shape index (κ3) is 10.8. The summed E-state index contributed by atoms with van der Waals surface area (Å²) in [5.41, 5.74) is -0.221. The minimum Gasteiger partial charge on any atom is -0.489 e. The van der Waals surface area contributed by atoms with Gasteiger partial charge in [0.2, 0.25) is 0 Å². The summed E-state index contributed by atoms with van der Waals surface area (Å²) in [6.07, 6.45) is 1.66. The van der Waals surface area contributed by atoms with Crippen LogP contribution < -0.4 is 15.4 Å². The van der Waals surface area contributed by atoms with Crippen molar-refractivity contribution in [1.29, 1.82) is 0 Å². The second-order valence-corrected chi connectivity index (χ2v) is 9.76. The predicted octanol–water partition coefficient (Wildman–Crippen LogP) is 2.61. The van der Waals surface area contributed by atoms with Crippen LogP contribution in [0.25, 0.3) is 0 Å². The molecule has 8 heteroatoms. The van der Waals surface area contributed by atoms with E-state index in [0.717, 1.165) is 0 Å². The van der Waals surface area contributed by atoms with E-state index < -0.39 is 9.84 Å². The van der Waals surface area contributed by atoms with E-state index in [4.69, 9.17) is 4.74 Å². The third-order valence-corrected chi connectivity index (χ3v) is 4.81. The maximum Gasteiger partial charge on any atom is 0.191 e. The fourth-order valence-corrected chi connectivity index (χ4v) is 3.13. The highest BCUT2D eigenvalue weighted by Gasteiger charge is 2.20. The first-order valence-electron chi connectivity index (χ1n) is 9.13. The molecule has 0 fully saturated rings. The first kappa shape index (κ1) is 23.2. The summed E-state index contributed by atoms with van der Waals surface area (Å²) < 4.78 is 41.4. The number of halogens is 1. The van der Waals surface area contributed by atoms with Gasteiger partial charge in [0, 0.05) is 19.3 Å². The zero-order valence-electron chi connectivity index (χ0n) is 16.9. The van der Waals surface area contributed by atoms with Crippen molar-refractivity contribution in [1.82, 2.24) is 10.6 Å². The lowest BCUT2D eigenvalue weighted by Crippen LogP contribution is -2.42. The van der Waals surface area contributed by atoms with Crippen molar-refractivity contribution in [3.05, 3.63) is 30.1 Å². The number of aliphatic imine (C=N–C) groups is 1. The van der Waals surface area contributed by atoms with Crippen molar-refractivity contribution >= 4 is 15.8 Å². The predicted molar refractivity (Wildman–Crippen MR) is 109 cm³/mol. The molecule has 154 valence electrons. The maximum atomic E-state index is 12.9. The highest BCUT2D eigenvalue weighted by atomic mass is 32.2. The Balaban J connectivity index is 2.56. The number of nitrogens with one attached hydrogen (secondary N) is 2. The maximum absolute atomic E-state index is 12.9. The number of hydrogen-bond donors (Lipinski definition) is 2.